The third kappa shape index (κ3) is 3.51. The van der Waals surface area contributed by atoms with Crippen LogP contribution in [0, 0.1) is 17.0 Å². The predicted molar refractivity (Wildman–Crippen MR) is 91.5 cm³/mol. The van der Waals surface area contributed by atoms with Crippen LogP contribution in [0.1, 0.15) is 18.4 Å². The molecule has 1 aliphatic rings. The molecule has 26 heavy (non-hydrogen) atoms. The second-order valence-corrected chi connectivity index (χ2v) is 6.15. The molecule has 2 amide bonds. The number of amides is 2. The molecular formula is C19H18F2N2O3. The van der Waals surface area contributed by atoms with Crippen molar-refractivity contribution in [1.82, 2.24) is 5.32 Å². The Labute approximate surface area is 149 Å². The molecular weight excluding hydrogens is 342 g/mol. The minimum absolute atomic E-state index is 0.153. The molecule has 0 aromatic heterocycles. The van der Waals surface area contributed by atoms with E-state index in [0.29, 0.717) is 24.7 Å². The number of rotatable bonds is 6. The Bertz CT molecular complexity index is 850. The molecule has 1 saturated carbocycles. The van der Waals surface area contributed by atoms with Gasteiger partial charge in [0.05, 0.1) is 12.8 Å². The van der Waals surface area contributed by atoms with Gasteiger partial charge in [-0.1, -0.05) is 18.2 Å². The van der Waals surface area contributed by atoms with Crippen LogP contribution < -0.4 is 15.4 Å². The fraction of sp³-hybridized carbons (Fsp3) is 0.263. The standard InChI is InChI=1S/C19H18F2N2O3/c1-26-16-5-3-2-4-12(16)11-22-17(24)19(8-9-19)18(25)23-15-7-6-13(20)10-14(15)21/h2-7,10H,8-9,11H2,1H3,(H,22,24)(H,23,25). The van der Waals surface area contributed by atoms with Crippen LogP contribution in [0.4, 0.5) is 14.5 Å². The summed E-state index contributed by atoms with van der Waals surface area (Å²) in [7, 11) is 1.54. The van der Waals surface area contributed by atoms with Crippen LogP contribution in [-0.4, -0.2) is 18.9 Å². The lowest BCUT2D eigenvalue weighted by Gasteiger charge is -2.16. The fourth-order valence-electron chi connectivity index (χ4n) is 2.71. The molecule has 1 aliphatic carbocycles. The summed E-state index contributed by atoms with van der Waals surface area (Å²) in [6.07, 6.45) is 0.749. The number of methoxy groups -OCH3 is 1. The number of ether oxygens (including phenoxy) is 1. The van der Waals surface area contributed by atoms with Crippen LogP contribution in [0.3, 0.4) is 0 Å². The van der Waals surface area contributed by atoms with E-state index in [1.54, 1.807) is 6.07 Å². The quantitative estimate of drug-likeness (QED) is 0.778. The van der Waals surface area contributed by atoms with Crippen LogP contribution >= 0.6 is 0 Å². The highest BCUT2D eigenvalue weighted by atomic mass is 19.1. The topological polar surface area (TPSA) is 67.4 Å². The maximum Gasteiger partial charge on any atom is 0.240 e. The van der Waals surface area contributed by atoms with Crippen molar-refractivity contribution >= 4 is 17.5 Å². The number of carbonyl (C=O) groups is 2. The summed E-state index contributed by atoms with van der Waals surface area (Å²) in [5.41, 5.74) is -0.590. The maximum absolute atomic E-state index is 13.7. The predicted octanol–water partition coefficient (Wildman–Crippen LogP) is 3.01. The van der Waals surface area contributed by atoms with Gasteiger partial charge in [-0.2, -0.15) is 0 Å². The van der Waals surface area contributed by atoms with E-state index in [0.717, 1.165) is 17.7 Å². The number of carbonyl (C=O) groups excluding carboxylic acids is 2. The Morgan fingerprint density at radius 3 is 2.50 bits per heavy atom. The molecule has 0 spiro atoms. The van der Waals surface area contributed by atoms with Gasteiger partial charge in [0.1, 0.15) is 22.8 Å². The molecule has 5 nitrogen and oxygen atoms in total. The first-order chi connectivity index (χ1) is 12.5. The Morgan fingerprint density at radius 1 is 1.12 bits per heavy atom. The molecule has 2 aromatic carbocycles. The normalized spacial score (nSPS) is 14.4. The fourth-order valence-corrected chi connectivity index (χ4v) is 2.71. The molecule has 0 unspecified atom stereocenters. The summed E-state index contributed by atoms with van der Waals surface area (Å²) < 4.78 is 31.9. The molecule has 3 rings (SSSR count). The number of nitrogens with one attached hydrogen (secondary N) is 2. The van der Waals surface area contributed by atoms with Gasteiger partial charge in [-0.25, -0.2) is 8.78 Å². The Balaban J connectivity index is 1.66. The summed E-state index contributed by atoms with van der Waals surface area (Å²) >= 11 is 0. The number of benzene rings is 2. The van der Waals surface area contributed by atoms with Crippen molar-refractivity contribution in [2.75, 3.05) is 12.4 Å². The van der Waals surface area contributed by atoms with Crippen molar-refractivity contribution in [3.8, 4) is 5.75 Å². The number of hydrogen-bond acceptors (Lipinski definition) is 3. The summed E-state index contributed by atoms with van der Waals surface area (Å²) in [5.74, 6) is -2.01. The molecule has 1 fully saturated rings. The van der Waals surface area contributed by atoms with Gasteiger partial charge in [0.25, 0.3) is 0 Å². The first-order valence-electron chi connectivity index (χ1n) is 8.13. The average molecular weight is 360 g/mol. The zero-order chi connectivity index (χ0) is 18.7. The lowest BCUT2D eigenvalue weighted by atomic mass is 10.0. The van der Waals surface area contributed by atoms with E-state index in [2.05, 4.69) is 10.6 Å². The highest BCUT2D eigenvalue weighted by Crippen LogP contribution is 2.47. The van der Waals surface area contributed by atoms with Crippen LogP contribution in [0.25, 0.3) is 0 Å². The van der Waals surface area contributed by atoms with Gasteiger partial charge in [0.2, 0.25) is 11.8 Å². The number of anilines is 1. The Hall–Kier alpha value is -2.96. The third-order valence-corrected chi connectivity index (χ3v) is 4.43. The highest BCUT2D eigenvalue weighted by molar-refractivity contribution is 6.13. The molecule has 0 aliphatic heterocycles. The van der Waals surface area contributed by atoms with Crippen molar-refractivity contribution in [2.24, 2.45) is 5.41 Å². The summed E-state index contributed by atoms with van der Waals surface area (Å²) in [6, 6.07) is 10.1. The molecule has 0 atom stereocenters. The minimum atomic E-state index is -1.22. The van der Waals surface area contributed by atoms with Gasteiger partial charge in [-0.15, -0.1) is 0 Å². The van der Waals surface area contributed by atoms with Crippen LogP contribution in [0.15, 0.2) is 42.5 Å². The first-order valence-corrected chi connectivity index (χ1v) is 8.13. The lowest BCUT2D eigenvalue weighted by Crippen LogP contribution is -2.39. The van der Waals surface area contributed by atoms with Crippen LogP contribution in [0.5, 0.6) is 5.75 Å². The minimum Gasteiger partial charge on any atom is -0.496 e. The van der Waals surface area contributed by atoms with E-state index in [4.69, 9.17) is 4.74 Å². The number of halogens is 2. The van der Waals surface area contributed by atoms with Gasteiger partial charge in [-0.05, 0) is 31.0 Å². The summed E-state index contributed by atoms with van der Waals surface area (Å²) in [5, 5.41) is 5.11. The lowest BCUT2D eigenvalue weighted by molar-refractivity contribution is -0.134. The molecule has 2 N–H and O–H groups in total. The monoisotopic (exact) mass is 360 g/mol. The second kappa shape index (κ2) is 7.11. The summed E-state index contributed by atoms with van der Waals surface area (Å²) in [6.45, 7) is 0.211. The largest absolute Gasteiger partial charge is 0.496 e. The van der Waals surface area contributed by atoms with Crippen LogP contribution in [0.2, 0.25) is 0 Å². The second-order valence-electron chi connectivity index (χ2n) is 6.15. The maximum atomic E-state index is 13.7. The summed E-state index contributed by atoms with van der Waals surface area (Å²) in [4.78, 5) is 25.0. The van der Waals surface area contributed by atoms with Crippen molar-refractivity contribution in [2.45, 2.75) is 19.4 Å². The van der Waals surface area contributed by atoms with E-state index in [9.17, 15) is 18.4 Å². The van der Waals surface area contributed by atoms with Gasteiger partial charge in [-0.3, -0.25) is 9.59 Å². The van der Waals surface area contributed by atoms with Crippen molar-refractivity contribution in [1.29, 1.82) is 0 Å². The number of hydrogen-bond donors (Lipinski definition) is 2. The molecule has 136 valence electrons. The highest BCUT2D eigenvalue weighted by Gasteiger charge is 2.56. The van der Waals surface area contributed by atoms with E-state index in [-0.39, 0.29) is 12.2 Å². The molecule has 0 saturated heterocycles. The van der Waals surface area contributed by atoms with Gasteiger partial charge in [0, 0.05) is 18.2 Å². The smallest absolute Gasteiger partial charge is 0.240 e. The van der Waals surface area contributed by atoms with Crippen LogP contribution in [-0.2, 0) is 16.1 Å². The van der Waals surface area contributed by atoms with E-state index in [1.807, 2.05) is 18.2 Å². The van der Waals surface area contributed by atoms with Crippen molar-refractivity contribution in [3.63, 3.8) is 0 Å². The van der Waals surface area contributed by atoms with Crippen molar-refractivity contribution < 1.29 is 23.1 Å². The zero-order valence-electron chi connectivity index (χ0n) is 14.1. The SMILES string of the molecule is COc1ccccc1CNC(=O)C1(C(=O)Nc2ccc(F)cc2F)CC1. The molecule has 0 radical (unpaired) electrons. The van der Waals surface area contributed by atoms with E-state index < -0.39 is 28.9 Å². The molecule has 0 heterocycles. The molecule has 2 aromatic rings. The van der Waals surface area contributed by atoms with E-state index in [1.165, 1.54) is 7.11 Å². The number of para-hydroxylation sites is 1. The molecule has 0 bridgehead atoms. The van der Waals surface area contributed by atoms with E-state index >= 15 is 0 Å². The third-order valence-electron chi connectivity index (χ3n) is 4.43. The van der Waals surface area contributed by atoms with Gasteiger partial charge >= 0.3 is 0 Å². The zero-order valence-corrected chi connectivity index (χ0v) is 14.1. The first kappa shape index (κ1) is 17.8. The molecule has 7 heteroatoms. The Kier molecular flexibility index (Phi) is 4.88. The van der Waals surface area contributed by atoms with Gasteiger partial charge in [0.15, 0.2) is 0 Å². The van der Waals surface area contributed by atoms with Gasteiger partial charge < -0.3 is 15.4 Å². The Morgan fingerprint density at radius 2 is 1.85 bits per heavy atom. The average Bonchev–Trinajstić information content (AvgIpc) is 3.44. The van der Waals surface area contributed by atoms with Crippen molar-refractivity contribution in [3.05, 3.63) is 59.7 Å².